The number of hydrogen-bond donors (Lipinski definition) is 2. The largest absolute Gasteiger partial charge is 0.479 e. The van der Waals surface area contributed by atoms with Gasteiger partial charge >= 0.3 is 11.9 Å². The fourth-order valence-corrected chi connectivity index (χ4v) is 1.24. The Labute approximate surface area is 68.9 Å². The van der Waals surface area contributed by atoms with Crippen molar-refractivity contribution in [3.8, 4) is 0 Å². The molecule has 1 heterocycles. The van der Waals surface area contributed by atoms with E-state index >= 15 is 0 Å². The van der Waals surface area contributed by atoms with Gasteiger partial charge in [-0.05, 0) is 5.92 Å². The summed E-state index contributed by atoms with van der Waals surface area (Å²) >= 11 is 0. The molecule has 0 amide bonds. The summed E-state index contributed by atoms with van der Waals surface area (Å²) < 4.78 is 4.69. The maximum Gasteiger partial charge on any atom is 0.339 e. The molecule has 0 spiro atoms. The number of hydrogen-bond acceptors (Lipinski definition) is 3. The molecule has 1 fully saturated rings. The monoisotopic (exact) mass is 174 g/mol. The Kier molecular flexibility index (Phi) is 1.83. The Morgan fingerprint density at radius 1 is 1.42 bits per heavy atom. The maximum atomic E-state index is 10.7. The number of carboxylic acids is 2. The molecule has 1 aliphatic heterocycles. The average molecular weight is 174 g/mol. The molecule has 0 aromatic carbocycles. The van der Waals surface area contributed by atoms with Gasteiger partial charge in [0, 0.05) is 0 Å². The van der Waals surface area contributed by atoms with Crippen molar-refractivity contribution in [2.24, 2.45) is 5.92 Å². The minimum atomic E-state index is -1.49. The van der Waals surface area contributed by atoms with Crippen LogP contribution in [0.3, 0.4) is 0 Å². The van der Waals surface area contributed by atoms with Crippen LogP contribution in [0.2, 0.25) is 0 Å². The van der Waals surface area contributed by atoms with Crippen molar-refractivity contribution in [3.05, 3.63) is 0 Å². The Balaban J connectivity index is 2.83. The summed E-state index contributed by atoms with van der Waals surface area (Å²) in [6.07, 6.45) is -1.19. The number of ether oxygens (including phenoxy) is 1. The minimum absolute atomic E-state index is 0.337. The molecule has 1 saturated heterocycles. The number of rotatable bonds is 3. The van der Waals surface area contributed by atoms with E-state index in [4.69, 9.17) is 10.2 Å². The topological polar surface area (TPSA) is 87.1 Å². The molecule has 0 aromatic heterocycles. The smallest absolute Gasteiger partial charge is 0.339 e. The summed E-state index contributed by atoms with van der Waals surface area (Å²) in [5.74, 6) is -2.76. The van der Waals surface area contributed by atoms with Crippen LogP contribution in [0.25, 0.3) is 0 Å². The van der Waals surface area contributed by atoms with E-state index in [-0.39, 0.29) is 5.92 Å². The highest BCUT2D eigenvalue weighted by molar-refractivity contribution is 5.92. The Morgan fingerprint density at radius 3 is 2.00 bits per heavy atom. The van der Waals surface area contributed by atoms with Crippen LogP contribution in [0.1, 0.15) is 13.8 Å². The molecule has 12 heavy (non-hydrogen) atoms. The fourth-order valence-electron chi connectivity index (χ4n) is 1.24. The van der Waals surface area contributed by atoms with E-state index in [1.807, 2.05) is 0 Å². The van der Waals surface area contributed by atoms with Crippen molar-refractivity contribution in [3.63, 3.8) is 0 Å². The van der Waals surface area contributed by atoms with Crippen molar-refractivity contribution in [2.75, 3.05) is 0 Å². The molecule has 1 aliphatic rings. The van der Waals surface area contributed by atoms with Crippen LogP contribution in [-0.2, 0) is 14.3 Å². The van der Waals surface area contributed by atoms with Gasteiger partial charge in [0.2, 0.25) is 5.60 Å². The summed E-state index contributed by atoms with van der Waals surface area (Å²) in [5, 5.41) is 17.2. The first kappa shape index (κ1) is 8.99. The summed E-state index contributed by atoms with van der Waals surface area (Å²) in [5.41, 5.74) is -1.49. The van der Waals surface area contributed by atoms with E-state index < -0.39 is 23.6 Å². The molecule has 0 saturated carbocycles. The van der Waals surface area contributed by atoms with Crippen molar-refractivity contribution in [1.82, 2.24) is 0 Å². The Morgan fingerprint density at radius 2 is 1.92 bits per heavy atom. The van der Waals surface area contributed by atoms with Crippen LogP contribution < -0.4 is 0 Å². The average Bonchev–Trinajstić information content (AvgIpc) is 2.60. The minimum Gasteiger partial charge on any atom is -0.479 e. The molecule has 68 valence electrons. The first-order valence-electron chi connectivity index (χ1n) is 3.57. The summed E-state index contributed by atoms with van der Waals surface area (Å²) in [7, 11) is 0. The van der Waals surface area contributed by atoms with Crippen LogP contribution in [0.4, 0.5) is 0 Å². The van der Waals surface area contributed by atoms with E-state index in [1.165, 1.54) is 0 Å². The molecular formula is C7H10O5. The van der Waals surface area contributed by atoms with Crippen LogP contribution in [0.15, 0.2) is 0 Å². The third-order valence-electron chi connectivity index (χ3n) is 2.06. The Hall–Kier alpha value is -1.10. The summed E-state index contributed by atoms with van der Waals surface area (Å²) in [6, 6.07) is 0. The number of carboxylic acid groups (broad SMARTS) is 2. The highest BCUT2D eigenvalue weighted by Gasteiger charge is 2.69. The van der Waals surface area contributed by atoms with Crippen LogP contribution in [-0.4, -0.2) is 33.9 Å². The van der Waals surface area contributed by atoms with Crippen molar-refractivity contribution < 1.29 is 24.5 Å². The third-order valence-corrected chi connectivity index (χ3v) is 2.06. The van der Waals surface area contributed by atoms with Crippen LogP contribution >= 0.6 is 0 Å². The lowest BCUT2D eigenvalue weighted by atomic mass is 9.92. The fraction of sp³-hybridized carbons (Fsp3) is 0.714. The van der Waals surface area contributed by atoms with E-state index in [2.05, 4.69) is 4.74 Å². The van der Waals surface area contributed by atoms with Gasteiger partial charge in [-0.3, -0.25) is 0 Å². The third kappa shape index (κ3) is 0.972. The summed E-state index contributed by atoms with van der Waals surface area (Å²) in [6.45, 7) is 3.24. The summed E-state index contributed by atoms with van der Waals surface area (Å²) in [4.78, 5) is 21.0. The van der Waals surface area contributed by atoms with Gasteiger partial charge in [-0.15, -0.1) is 0 Å². The lowest BCUT2D eigenvalue weighted by molar-refractivity contribution is -0.146. The lowest BCUT2D eigenvalue weighted by Crippen LogP contribution is -2.35. The zero-order valence-corrected chi connectivity index (χ0v) is 6.77. The second kappa shape index (κ2) is 2.45. The van der Waals surface area contributed by atoms with Gasteiger partial charge in [0.1, 0.15) is 0 Å². The molecule has 5 nitrogen and oxygen atoms in total. The zero-order chi connectivity index (χ0) is 9.52. The van der Waals surface area contributed by atoms with E-state index in [0.717, 1.165) is 0 Å². The molecular weight excluding hydrogens is 164 g/mol. The molecule has 1 rings (SSSR count). The zero-order valence-electron chi connectivity index (χ0n) is 6.77. The molecule has 0 aliphatic carbocycles. The van der Waals surface area contributed by atoms with Gasteiger partial charge in [-0.25, -0.2) is 9.59 Å². The lowest BCUT2D eigenvalue weighted by Gasteiger charge is -2.09. The molecule has 2 atom stereocenters. The molecule has 0 radical (unpaired) electrons. The van der Waals surface area contributed by atoms with Gasteiger partial charge in [-0.1, -0.05) is 13.8 Å². The molecule has 2 N–H and O–H groups in total. The maximum absolute atomic E-state index is 10.7. The van der Waals surface area contributed by atoms with Gasteiger partial charge in [0.25, 0.3) is 0 Å². The second-order valence-electron chi connectivity index (χ2n) is 3.09. The van der Waals surface area contributed by atoms with Gasteiger partial charge in [0.15, 0.2) is 6.10 Å². The second-order valence-corrected chi connectivity index (χ2v) is 3.09. The number of carbonyl (C=O) groups is 2. The van der Waals surface area contributed by atoms with Gasteiger partial charge in [0.05, 0.1) is 0 Å². The predicted octanol–water partition coefficient (Wildman–Crippen LogP) is -0.0508. The molecule has 0 bridgehead atoms. The number of epoxide rings is 1. The first-order chi connectivity index (χ1) is 5.43. The highest BCUT2D eigenvalue weighted by Crippen LogP contribution is 2.43. The van der Waals surface area contributed by atoms with Crippen LogP contribution in [0, 0.1) is 5.92 Å². The van der Waals surface area contributed by atoms with E-state index in [9.17, 15) is 9.59 Å². The first-order valence-corrected chi connectivity index (χ1v) is 3.57. The van der Waals surface area contributed by atoms with Gasteiger partial charge < -0.3 is 14.9 Å². The Bertz CT molecular complexity index is 234. The molecule has 0 aromatic rings. The normalized spacial score (nSPS) is 33.4. The van der Waals surface area contributed by atoms with E-state index in [0.29, 0.717) is 0 Å². The van der Waals surface area contributed by atoms with Gasteiger partial charge in [-0.2, -0.15) is 0 Å². The molecule has 5 heteroatoms. The van der Waals surface area contributed by atoms with Crippen LogP contribution in [0.5, 0.6) is 0 Å². The standard InChI is InChI=1S/C7H10O5/c1-3(2)7(6(10)11)4(12-7)5(8)9/h3-4H,1-2H3,(H,8,9)(H,10,11)/t4-,7+/m0/s1. The van der Waals surface area contributed by atoms with Crippen molar-refractivity contribution in [2.45, 2.75) is 25.6 Å². The van der Waals surface area contributed by atoms with Crippen molar-refractivity contribution >= 4 is 11.9 Å². The highest BCUT2D eigenvalue weighted by atomic mass is 16.7. The predicted molar refractivity (Wildman–Crippen MR) is 37.7 cm³/mol. The van der Waals surface area contributed by atoms with Crippen molar-refractivity contribution in [1.29, 1.82) is 0 Å². The SMILES string of the molecule is CC(C)[C@@]1(C(=O)O)O[C@H]1C(=O)O. The quantitative estimate of drug-likeness (QED) is 0.585. The van der Waals surface area contributed by atoms with E-state index in [1.54, 1.807) is 13.8 Å². The number of aliphatic carboxylic acids is 2. The molecule has 0 unspecified atom stereocenters.